The van der Waals surface area contributed by atoms with Crippen molar-refractivity contribution >= 4 is 107 Å². The van der Waals surface area contributed by atoms with Crippen LogP contribution in [0.15, 0.2) is 0 Å². The molecule has 8 heterocycles. The molecule has 8 saturated heterocycles. The number of hydrogen-bond donors (Lipinski definition) is 30. The molecule has 31 N–H and O–H groups in total. The van der Waals surface area contributed by atoms with Crippen LogP contribution in [0.3, 0.4) is 0 Å². The standard InChI is InChI=1S/C53H89N5O65S8/c54-4-2-1-3-5-104-50-27(68)23(64)34(38(120-50)42(72)73)117-47-15(56-125(83,84)85)20(61)31(11(110-47)7-106-129(95,96)97)114-52-29(70)25(66)36(40(122-52)44(76)77)119-49-17(58-127(89,90)91)22(63)33(13(112-49)9-108-131(101,102)103)115-53-30(71)26(67)37(41(123-53)45(78)79)118-48-16(57-126(86,87)88)21(62)32(12(111-48)8-107-130(98,99)100)113-51-28(69)24(65)35(39(121-51)43(74)75)116-46-14(55-124(80,81)82)19(60)18(59)10(109-46)6-105-128(92,93)94/h10-41,46-53,55-71H,1-9,54H2,(H,72,73)(H,74,75)(H,76,77)(H,78,79)(H,80,81,82)(H,83,84,85)(H,86,87,88)(H,89,90,91)(H,92,93,94)(H,95,96,97)(H,98,99,100)(H,101,102,103)/t10-,11-,12-,13-,14-,15-,16-,17-,18-,19-,20-,21-,22-,23-,24-,25-,26-,27-,28-,29-,30-,31-,32-,33-,34+,35+,36+,37+,38+,39-,40-,41+,46-,47-,48-,49-,50-,51-,52-,53-/m1/s1. The number of rotatable bonds is 44. The van der Waals surface area contributed by atoms with Crippen molar-refractivity contribution in [1.82, 2.24) is 18.9 Å². The molecule has 40 atom stereocenters. The molecule has 764 valence electrons. The number of carboxylic acid groups (broad SMARTS) is 4. The molecule has 8 aliphatic heterocycles. The fourth-order valence-corrected chi connectivity index (χ4v) is 17.5. The van der Waals surface area contributed by atoms with Gasteiger partial charge >= 0.3 is 107 Å². The third kappa shape index (κ3) is 30.6. The number of nitrogens with one attached hydrogen (secondary N) is 4. The van der Waals surface area contributed by atoms with Crippen molar-refractivity contribution in [3.05, 3.63) is 0 Å². The Morgan fingerprint density at radius 1 is 0.260 bits per heavy atom. The van der Waals surface area contributed by atoms with E-state index in [9.17, 15) is 205 Å². The second-order valence-electron chi connectivity index (χ2n) is 28.9. The van der Waals surface area contributed by atoms with E-state index in [2.05, 4.69) is 16.7 Å². The van der Waals surface area contributed by atoms with Gasteiger partial charge in [-0.05, 0) is 25.8 Å². The quantitative estimate of drug-likeness (QED) is 0.0199. The van der Waals surface area contributed by atoms with Crippen LogP contribution in [0.2, 0.25) is 0 Å². The number of unbranched alkanes of at least 4 members (excludes halogenated alkanes) is 2. The summed E-state index contributed by atoms with van der Waals surface area (Å²) >= 11 is 0. The van der Waals surface area contributed by atoms with E-state index >= 15 is 0 Å². The molecule has 8 fully saturated rings. The fourth-order valence-electron chi connectivity index (χ4n) is 13.9. The summed E-state index contributed by atoms with van der Waals surface area (Å²) in [6, 6.07) is -11.3. The first-order chi connectivity index (χ1) is 60.1. The van der Waals surface area contributed by atoms with Crippen molar-refractivity contribution in [3.63, 3.8) is 0 Å². The molecule has 70 nitrogen and oxygen atoms in total. The minimum atomic E-state index is -6.01. The predicted octanol–water partition coefficient (Wildman–Crippen LogP) is -20.0. The lowest BCUT2D eigenvalue weighted by Gasteiger charge is -2.50. The monoisotopic (exact) mass is 2090 g/mol. The summed E-state index contributed by atoms with van der Waals surface area (Å²) in [6.07, 6.45) is -100. The first kappa shape index (κ1) is 112. The van der Waals surface area contributed by atoms with E-state index in [4.69, 9.17) is 86.1 Å². The minimum Gasteiger partial charge on any atom is -0.479 e. The van der Waals surface area contributed by atoms with Gasteiger partial charge in [0.25, 0.3) is 0 Å². The zero-order valence-corrected chi connectivity index (χ0v) is 71.3. The lowest BCUT2D eigenvalue weighted by atomic mass is 9.94. The molecule has 0 aromatic heterocycles. The second-order valence-corrected chi connectivity index (χ2v) is 38.0. The van der Waals surface area contributed by atoms with Gasteiger partial charge in [-0.3, -0.25) is 36.4 Å². The molecule has 0 aromatic carbocycles. The molecule has 8 rings (SSSR count). The third-order valence-corrected chi connectivity index (χ3v) is 23.7. The van der Waals surface area contributed by atoms with Gasteiger partial charge in [-0.15, -0.1) is 0 Å². The number of aliphatic hydroxyl groups excluding tert-OH is 13. The maximum Gasteiger partial charge on any atom is 0.397 e. The summed E-state index contributed by atoms with van der Waals surface area (Å²) in [5.41, 5.74) is 5.46. The van der Waals surface area contributed by atoms with Crippen LogP contribution in [0.25, 0.3) is 0 Å². The van der Waals surface area contributed by atoms with Gasteiger partial charge in [0.1, 0.15) is 171 Å². The molecule has 0 amide bonds. The average molecular weight is 2090 g/mol. The Bertz CT molecular complexity index is 4840. The SMILES string of the molecule is NCCCCCO[C@@H]1O[C@H](C(=O)O)[C@@H](O[C@H]2O[C@H](COS(=O)(=O)O)[C@@H](O[C@@H]3O[C@@H](C(=O)O)[C@@H](O[C@H]4O[C@H](COS(=O)(=O)O)[C@@H](O[C@@H]5O[C@H](C(=O)O)[C@@H](O[C@H]6O[C@H](COS(=O)(=O)O)[C@@H](O[C@@H]7O[C@@H](C(=O)O)[C@@H](O[C@H]8O[C@H](COS(=O)(=O)O)[C@@H](O)[C@H](O)[C@H]8NS(=O)(=O)O)[C@H](O)[C@H]7O)[C@H](O)[C@H]6NS(=O)(=O)O)[C@H](O)[C@H]5O)[C@H](O)[C@H]4NS(=O)(=O)O)[C@H](O)[C@H]3O)[C@H](O)[C@H]2NS(=O)(=O)O)[C@H](O)[C@H]1O. The van der Waals surface area contributed by atoms with Crippen molar-refractivity contribution in [2.75, 3.05) is 39.6 Å². The van der Waals surface area contributed by atoms with Gasteiger partial charge in [-0.25, -0.2) is 35.9 Å². The average Bonchev–Trinajstić information content (AvgIpc) is 0.761. The number of nitrogens with two attached hydrogens (primary N) is 1. The number of ether oxygens (including phenoxy) is 16. The number of aliphatic hydroxyl groups is 13. The van der Waals surface area contributed by atoms with E-state index < -0.39 is 379 Å². The molecule has 0 saturated carbocycles. The van der Waals surface area contributed by atoms with E-state index in [1.165, 1.54) is 18.9 Å². The highest BCUT2D eigenvalue weighted by molar-refractivity contribution is 7.84. The normalized spacial score (nSPS) is 41.1. The molecule has 0 aliphatic carbocycles. The Morgan fingerprint density at radius 2 is 0.481 bits per heavy atom. The highest BCUT2D eigenvalue weighted by Crippen LogP contribution is 2.41. The van der Waals surface area contributed by atoms with Gasteiger partial charge in [0.05, 0.1) is 26.4 Å². The first-order valence-electron chi connectivity index (χ1n) is 36.4. The molecule has 131 heavy (non-hydrogen) atoms. The van der Waals surface area contributed by atoms with E-state index in [1.54, 1.807) is 0 Å². The number of hydrogen-bond acceptors (Lipinski definition) is 54. The summed E-state index contributed by atoms with van der Waals surface area (Å²) in [4.78, 5) is 51.9. The minimum absolute atomic E-state index is 0.235. The lowest BCUT2D eigenvalue weighted by Crippen LogP contribution is -2.71. The van der Waals surface area contributed by atoms with Crippen molar-refractivity contribution in [2.45, 2.75) is 265 Å². The summed E-state index contributed by atoms with van der Waals surface area (Å²) in [5.74, 6) is -9.31. The Labute approximate surface area is 734 Å². The zero-order valence-electron chi connectivity index (χ0n) is 64.8. The summed E-state index contributed by atoms with van der Waals surface area (Å²) in [7, 11) is -46.2. The van der Waals surface area contributed by atoms with E-state index in [1.807, 2.05) is 0 Å². The largest absolute Gasteiger partial charge is 0.479 e. The van der Waals surface area contributed by atoms with Crippen LogP contribution in [0.1, 0.15) is 19.3 Å². The Morgan fingerprint density at radius 3 is 0.718 bits per heavy atom. The van der Waals surface area contributed by atoms with Crippen LogP contribution in [-0.4, -0.2) is 499 Å². The van der Waals surface area contributed by atoms with Gasteiger partial charge < -0.3 is 168 Å². The van der Waals surface area contributed by atoms with Gasteiger partial charge in [-0.2, -0.15) is 86.2 Å². The lowest BCUT2D eigenvalue weighted by molar-refractivity contribution is -0.381. The zero-order chi connectivity index (χ0) is 98.7. The molecular formula is C53H89N5O65S8. The summed E-state index contributed by atoms with van der Waals surface area (Å²) in [5, 5.41) is 191. The Balaban J connectivity index is 1.05. The maximum atomic E-state index is 13.2. The third-order valence-electron chi connectivity index (χ3n) is 19.7. The Kier molecular flexibility index (Phi) is 38.3. The van der Waals surface area contributed by atoms with Crippen molar-refractivity contribution in [2.24, 2.45) is 5.73 Å². The molecular weight excluding hydrogens is 2000 g/mol. The van der Waals surface area contributed by atoms with Gasteiger partial charge in [0.2, 0.25) is 0 Å². The van der Waals surface area contributed by atoms with Crippen LogP contribution >= 0.6 is 0 Å². The van der Waals surface area contributed by atoms with Crippen LogP contribution in [0.5, 0.6) is 0 Å². The van der Waals surface area contributed by atoms with Crippen LogP contribution in [0.4, 0.5) is 0 Å². The highest BCUT2D eigenvalue weighted by Gasteiger charge is 2.63. The molecule has 0 spiro atoms. The Hall–Kier alpha value is -4.36. The van der Waals surface area contributed by atoms with Crippen LogP contribution in [0, 0.1) is 0 Å². The smallest absolute Gasteiger partial charge is 0.397 e. The maximum absolute atomic E-state index is 13.2. The summed E-state index contributed by atoms with van der Waals surface area (Å²) in [6.45, 7) is -6.98. The molecule has 0 aromatic rings. The molecule has 78 heteroatoms. The number of carboxylic acids is 4. The van der Waals surface area contributed by atoms with Gasteiger partial charge in [0, 0.05) is 6.61 Å². The highest BCUT2D eigenvalue weighted by atomic mass is 32.3. The van der Waals surface area contributed by atoms with E-state index in [-0.39, 0.29) is 19.6 Å². The summed E-state index contributed by atoms with van der Waals surface area (Å²) < 4.78 is 381. The predicted molar refractivity (Wildman–Crippen MR) is 385 cm³/mol. The van der Waals surface area contributed by atoms with E-state index in [0.717, 1.165) is 0 Å². The molecule has 8 aliphatic rings. The first-order valence-corrected chi connectivity index (χ1v) is 47.7. The van der Waals surface area contributed by atoms with Gasteiger partial charge in [-0.1, -0.05) is 0 Å². The van der Waals surface area contributed by atoms with Crippen LogP contribution < -0.4 is 24.6 Å². The number of carbonyl (C=O) groups is 4. The van der Waals surface area contributed by atoms with Crippen LogP contribution in [-0.2, 0) is 195 Å². The van der Waals surface area contributed by atoms with E-state index in [0.29, 0.717) is 12.8 Å². The van der Waals surface area contributed by atoms with Crippen molar-refractivity contribution in [3.8, 4) is 0 Å². The molecule has 0 unspecified atom stereocenters. The fraction of sp³-hybridized carbons (Fsp3) is 0.925. The number of aliphatic carboxylic acids is 4. The molecule has 0 radical (unpaired) electrons. The van der Waals surface area contributed by atoms with Crippen molar-refractivity contribution < 1.29 is 302 Å². The topological polar surface area (TPSA) is 1110 Å². The second kappa shape index (κ2) is 44.8. The van der Waals surface area contributed by atoms with Gasteiger partial charge in [0.15, 0.2) is 74.7 Å². The van der Waals surface area contributed by atoms with Crippen molar-refractivity contribution in [1.29, 1.82) is 0 Å². The molecule has 0 bridgehead atoms.